The van der Waals surface area contributed by atoms with E-state index < -0.39 is 0 Å². The number of fused-ring (bicyclic) bond motifs is 10. The maximum absolute atomic E-state index is 2.59. The summed E-state index contributed by atoms with van der Waals surface area (Å²) >= 11 is 1.88. The molecule has 312 valence electrons. The summed E-state index contributed by atoms with van der Waals surface area (Å²) in [6.07, 6.45) is 0. The molecule has 0 unspecified atom stereocenters. The number of rotatable bonds is 3. The molecule has 2 aliphatic heterocycles. The highest BCUT2D eigenvalue weighted by molar-refractivity contribution is 7.26. The monoisotopic (exact) mass is 844 g/mol. The Kier molecular flexibility index (Phi) is 8.33. The highest BCUT2D eigenvalue weighted by Crippen LogP contribution is 2.52. The lowest BCUT2D eigenvalue weighted by Crippen LogP contribution is -2.61. The van der Waals surface area contributed by atoms with Crippen LogP contribution in [0.15, 0.2) is 158 Å². The number of hydrogen-bond acceptors (Lipinski definition) is 3. The van der Waals surface area contributed by atoms with Crippen molar-refractivity contribution < 1.29 is 0 Å². The zero-order valence-electron chi connectivity index (χ0n) is 38.4. The van der Waals surface area contributed by atoms with Crippen molar-refractivity contribution in [2.75, 3.05) is 9.80 Å². The minimum Gasteiger partial charge on any atom is -0.311 e. The van der Waals surface area contributed by atoms with Crippen molar-refractivity contribution in [3.63, 3.8) is 0 Å². The highest BCUT2D eigenvalue weighted by Gasteiger charge is 2.45. The smallest absolute Gasteiger partial charge is 0.252 e. The van der Waals surface area contributed by atoms with Crippen LogP contribution in [0, 0.1) is 6.92 Å². The lowest BCUT2D eigenvalue weighted by Gasteiger charge is -2.45. The molecule has 0 saturated heterocycles. The summed E-state index contributed by atoms with van der Waals surface area (Å²) in [7, 11) is 0. The number of benzene rings is 8. The first-order valence-electron chi connectivity index (χ1n) is 23.0. The molecule has 9 aromatic rings. The third-order valence-electron chi connectivity index (χ3n) is 14.6. The van der Waals surface area contributed by atoms with E-state index in [2.05, 4.69) is 230 Å². The molecule has 0 saturated carbocycles. The third kappa shape index (κ3) is 5.71. The first-order chi connectivity index (χ1) is 30.7. The fourth-order valence-corrected chi connectivity index (χ4v) is 12.4. The van der Waals surface area contributed by atoms with E-state index in [0.29, 0.717) is 0 Å². The number of anilines is 6. The van der Waals surface area contributed by atoms with Gasteiger partial charge >= 0.3 is 0 Å². The standard InChI is InChI=1S/C60H53BN2S/c1-36-31-52-57-53(32-36)63(41-27-28-44-43-15-10-12-18-46(43)60(8,9)47(44)35-41)50-30-24-38(58(2,3)4)33-49(50)61(57)48-29-23-39(59(5,6)7)34-51(48)62(52)40-25-21-37(22-26-40)42-17-14-20-55-56(42)45-16-11-13-19-54(45)64-55/h10-35H,1-9H3. The van der Waals surface area contributed by atoms with Crippen molar-refractivity contribution in [3.05, 3.63) is 186 Å². The van der Waals surface area contributed by atoms with Crippen LogP contribution in [-0.2, 0) is 16.2 Å². The van der Waals surface area contributed by atoms with Gasteiger partial charge in [0.1, 0.15) is 0 Å². The van der Waals surface area contributed by atoms with Crippen LogP contribution in [0.25, 0.3) is 42.4 Å². The molecule has 4 heteroatoms. The van der Waals surface area contributed by atoms with Gasteiger partial charge < -0.3 is 9.80 Å². The molecule has 1 aromatic heterocycles. The molecule has 0 amide bonds. The second-order valence-corrected chi connectivity index (χ2v) is 22.2. The lowest BCUT2D eigenvalue weighted by atomic mass is 9.33. The topological polar surface area (TPSA) is 6.48 Å². The van der Waals surface area contributed by atoms with Gasteiger partial charge in [-0.15, -0.1) is 11.3 Å². The Morgan fingerprint density at radius 1 is 0.484 bits per heavy atom. The molecule has 1 aliphatic carbocycles. The van der Waals surface area contributed by atoms with Crippen LogP contribution in [0.2, 0.25) is 0 Å². The molecule has 8 aromatic carbocycles. The summed E-state index contributed by atoms with van der Waals surface area (Å²) in [6, 6.07) is 60.8. The average Bonchev–Trinajstić information content (AvgIpc) is 3.77. The van der Waals surface area contributed by atoms with Crippen LogP contribution >= 0.6 is 11.3 Å². The molecule has 12 rings (SSSR count). The van der Waals surface area contributed by atoms with Crippen LogP contribution < -0.4 is 26.2 Å². The largest absolute Gasteiger partial charge is 0.311 e. The van der Waals surface area contributed by atoms with Crippen LogP contribution in [-0.4, -0.2) is 6.71 Å². The Labute approximate surface area is 382 Å². The van der Waals surface area contributed by atoms with Crippen molar-refractivity contribution >= 4 is 88.7 Å². The van der Waals surface area contributed by atoms with E-state index in [-0.39, 0.29) is 23.0 Å². The minimum absolute atomic E-state index is 0.0133. The Morgan fingerprint density at radius 3 is 1.88 bits per heavy atom. The van der Waals surface area contributed by atoms with Crippen LogP contribution in [0.3, 0.4) is 0 Å². The first-order valence-corrected chi connectivity index (χ1v) is 23.8. The maximum Gasteiger partial charge on any atom is 0.252 e. The van der Waals surface area contributed by atoms with Crippen LogP contribution in [0.4, 0.5) is 34.1 Å². The van der Waals surface area contributed by atoms with Gasteiger partial charge in [0.15, 0.2) is 0 Å². The van der Waals surface area contributed by atoms with Gasteiger partial charge in [-0.3, -0.25) is 0 Å². The van der Waals surface area contributed by atoms with Crippen molar-refractivity contribution in [1.29, 1.82) is 0 Å². The number of hydrogen-bond donors (Lipinski definition) is 0. The van der Waals surface area contributed by atoms with E-state index in [1.165, 1.54) is 121 Å². The van der Waals surface area contributed by atoms with E-state index in [1.807, 2.05) is 11.3 Å². The predicted molar refractivity (Wildman–Crippen MR) is 278 cm³/mol. The fraction of sp³-hybridized carbons (Fsp3) is 0.200. The molecule has 0 atom stereocenters. The molecule has 0 N–H and O–H groups in total. The van der Waals surface area contributed by atoms with Gasteiger partial charge in [0.2, 0.25) is 0 Å². The summed E-state index contributed by atoms with van der Waals surface area (Å²) in [4.78, 5) is 5.17. The van der Waals surface area contributed by atoms with E-state index in [1.54, 1.807) is 0 Å². The van der Waals surface area contributed by atoms with Gasteiger partial charge in [-0.1, -0.05) is 152 Å². The first kappa shape index (κ1) is 39.3. The molecule has 0 bridgehead atoms. The Morgan fingerprint density at radius 2 is 1.11 bits per heavy atom. The molecule has 3 heterocycles. The summed E-state index contributed by atoms with van der Waals surface area (Å²) < 4.78 is 2.66. The molecule has 0 radical (unpaired) electrons. The van der Waals surface area contributed by atoms with Gasteiger partial charge in [-0.25, -0.2) is 0 Å². The second-order valence-electron chi connectivity index (χ2n) is 21.1. The molecular formula is C60H53BN2S. The fourth-order valence-electron chi connectivity index (χ4n) is 11.3. The molecule has 0 fully saturated rings. The third-order valence-corrected chi connectivity index (χ3v) is 15.7. The van der Waals surface area contributed by atoms with Crippen molar-refractivity contribution in [2.24, 2.45) is 0 Å². The van der Waals surface area contributed by atoms with Gasteiger partial charge in [-0.2, -0.15) is 0 Å². The zero-order valence-corrected chi connectivity index (χ0v) is 39.2. The average molecular weight is 845 g/mol. The van der Waals surface area contributed by atoms with E-state index in [0.717, 1.165) is 0 Å². The molecule has 64 heavy (non-hydrogen) atoms. The molecule has 0 spiro atoms. The van der Waals surface area contributed by atoms with E-state index >= 15 is 0 Å². The number of aryl methyl sites for hydroxylation is 1. The van der Waals surface area contributed by atoms with Crippen molar-refractivity contribution in [1.82, 2.24) is 0 Å². The van der Waals surface area contributed by atoms with E-state index in [9.17, 15) is 0 Å². The van der Waals surface area contributed by atoms with Gasteiger partial charge in [0, 0.05) is 59.7 Å². The minimum atomic E-state index is -0.111. The Hall–Kier alpha value is -6.36. The van der Waals surface area contributed by atoms with E-state index in [4.69, 9.17) is 0 Å². The summed E-state index contributed by atoms with van der Waals surface area (Å²) in [5.41, 5.74) is 23.3. The predicted octanol–water partition coefficient (Wildman–Crippen LogP) is 15.0. The SMILES string of the molecule is Cc1cc2c3c(c1)N(c1ccc(-c4cccc5sc6ccccc6c45)cc1)c1cc(C(C)(C)C)ccc1B3c1cc(C(C)(C)C)ccc1N2c1ccc2c(c1)C(C)(C)c1ccccc1-2. The quantitative estimate of drug-likeness (QED) is 0.164. The Bertz CT molecular complexity index is 3410. The van der Waals surface area contributed by atoms with Gasteiger partial charge in [0.25, 0.3) is 6.71 Å². The lowest BCUT2D eigenvalue weighted by molar-refractivity contribution is 0.590. The number of nitrogens with zero attached hydrogens (tertiary/aromatic N) is 2. The second kappa shape index (κ2) is 13.6. The summed E-state index contributed by atoms with van der Waals surface area (Å²) in [5, 5.41) is 2.67. The van der Waals surface area contributed by atoms with Crippen LogP contribution in [0.1, 0.15) is 83.2 Å². The normalized spacial score (nSPS) is 14.7. The molecule has 2 nitrogen and oxygen atoms in total. The van der Waals surface area contributed by atoms with Crippen molar-refractivity contribution in [3.8, 4) is 22.3 Å². The molecular weight excluding hydrogens is 792 g/mol. The summed E-state index contributed by atoms with van der Waals surface area (Å²) in [5.74, 6) is 0. The number of thiophene rings is 1. The highest BCUT2D eigenvalue weighted by atomic mass is 32.1. The van der Waals surface area contributed by atoms with Gasteiger partial charge in [0.05, 0.1) is 0 Å². The van der Waals surface area contributed by atoms with Crippen LogP contribution in [0.5, 0.6) is 0 Å². The zero-order chi connectivity index (χ0) is 44.0. The van der Waals surface area contributed by atoms with Gasteiger partial charge in [-0.05, 0) is 145 Å². The van der Waals surface area contributed by atoms with Crippen molar-refractivity contribution in [2.45, 2.75) is 78.6 Å². The summed E-state index contributed by atoms with van der Waals surface area (Å²) in [6.45, 7) is 21.1. The Balaban J connectivity index is 1.10. The maximum atomic E-state index is 2.59. The molecule has 3 aliphatic rings.